The van der Waals surface area contributed by atoms with Gasteiger partial charge in [0, 0.05) is 19.6 Å². The van der Waals surface area contributed by atoms with Gasteiger partial charge in [-0.3, -0.25) is 4.79 Å². The van der Waals surface area contributed by atoms with Crippen LogP contribution in [0.15, 0.2) is 134 Å². The molecule has 0 aromatic heterocycles. The fourth-order valence-electron chi connectivity index (χ4n) is 6.51. The van der Waals surface area contributed by atoms with Crippen LogP contribution >= 0.6 is 0 Å². The van der Waals surface area contributed by atoms with E-state index in [4.69, 9.17) is 4.43 Å². The molecular formula is C40H49NO2Si. The number of nitrogens with zero attached hydrogens (tertiary/aromatic N) is 1. The molecule has 0 fully saturated rings. The van der Waals surface area contributed by atoms with Crippen molar-refractivity contribution < 1.29 is 9.22 Å². The minimum absolute atomic E-state index is 0.0536. The highest BCUT2D eigenvalue weighted by atomic mass is 28.4. The van der Waals surface area contributed by atoms with Gasteiger partial charge in [-0.1, -0.05) is 155 Å². The van der Waals surface area contributed by atoms with Crippen molar-refractivity contribution in [1.82, 2.24) is 4.90 Å². The smallest absolute Gasteiger partial charge is 0.261 e. The van der Waals surface area contributed by atoms with Gasteiger partial charge >= 0.3 is 0 Å². The lowest BCUT2D eigenvalue weighted by molar-refractivity contribution is -0.137. The van der Waals surface area contributed by atoms with Crippen molar-refractivity contribution in [3.63, 3.8) is 0 Å². The van der Waals surface area contributed by atoms with Crippen molar-refractivity contribution in [2.75, 3.05) is 13.7 Å². The van der Waals surface area contributed by atoms with E-state index in [0.717, 1.165) is 18.4 Å². The number of amides is 1. The van der Waals surface area contributed by atoms with Crippen LogP contribution in [0.25, 0.3) is 0 Å². The lowest BCUT2D eigenvalue weighted by Crippen LogP contribution is -2.66. The molecule has 1 amide bonds. The van der Waals surface area contributed by atoms with Gasteiger partial charge in [0.2, 0.25) is 5.91 Å². The second kappa shape index (κ2) is 15.3. The average molecular weight is 604 g/mol. The molecule has 3 atom stereocenters. The number of carbonyl (C=O) groups excluding carboxylic acids is 1. The topological polar surface area (TPSA) is 29.5 Å². The molecule has 3 nitrogen and oxygen atoms in total. The quantitative estimate of drug-likeness (QED) is 0.107. The normalized spacial score (nSPS) is 13.9. The molecule has 4 rings (SSSR count). The van der Waals surface area contributed by atoms with E-state index in [1.54, 1.807) is 0 Å². The van der Waals surface area contributed by atoms with E-state index in [2.05, 4.69) is 143 Å². The van der Waals surface area contributed by atoms with E-state index in [-0.39, 0.29) is 28.8 Å². The molecule has 0 bridgehead atoms. The number of hydrogen-bond donors (Lipinski definition) is 0. The summed E-state index contributed by atoms with van der Waals surface area (Å²) in [6.45, 7) is 13.7. The van der Waals surface area contributed by atoms with Crippen molar-refractivity contribution in [2.24, 2.45) is 11.8 Å². The summed E-state index contributed by atoms with van der Waals surface area (Å²) in [5.74, 6) is 0.174. The molecule has 0 aliphatic rings. The second-order valence-corrected chi connectivity index (χ2v) is 17.4. The first kappa shape index (κ1) is 33.2. The van der Waals surface area contributed by atoms with Gasteiger partial charge in [-0.2, -0.15) is 0 Å². The van der Waals surface area contributed by atoms with E-state index < -0.39 is 8.32 Å². The minimum atomic E-state index is -2.65. The van der Waals surface area contributed by atoms with Crippen molar-refractivity contribution in [3.8, 4) is 0 Å². The summed E-state index contributed by atoms with van der Waals surface area (Å²) < 4.78 is 7.23. The van der Waals surface area contributed by atoms with Gasteiger partial charge in [0.05, 0.1) is 6.04 Å². The second-order valence-electron chi connectivity index (χ2n) is 13.1. The van der Waals surface area contributed by atoms with Gasteiger partial charge in [-0.15, -0.1) is 6.58 Å². The molecule has 0 radical (unpaired) electrons. The number of allylic oxidation sites excluding steroid dienone is 1. The highest BCUT2D eigenvalue weighted by Gasteiger charge is 2.50. The van der Waals surface area contributed by atoms with Crippen LogP contribution in [0.5, 0.6) is 0 Å². The monoisotopic (exact) mass is 603 g/mol. The van der Waals surface area contributed by atoms with Crippen LogP contribution in [0.3, 0.4) is 0 Å². The van der Waals surface area contributed by atoms with Crippen LogP contribution in [0.4, 0.5) is 0 Å². The molecule has 0 aliphatic carbocycles. The first-order valence-corrected chi connectivity index (χ1v) is 17.8. The molecule has 0 saturated heterocycles. The van der Waals surface area contributed by atoms with E-state index >= 15 is 0 Å². The summed E-state index contributed by atoms with van der Waals surface area (Å²) in [4.78, 5) is 16.2. The molecule has 4 aromatic rings. The summed E-state index contributed by atoms with van der Waals surface area (Å²) in [5, 5.41) is 2.46. The Morgan fingerprint density at radius 1 is 0.818 bits per heavy atom. The molecule has 0 spiro atoms. The molecule has 0 saturated carbocycles. The van der Waals surface area contributed by atoms with E-state index in [0.29, 0.717) is 13.0 Å². The van der Waals surface area contributed by atoms with Crippen LogP contribution in [0.2, 0.25) is 5.04 Å². The van der Waals surface area contributed by atoms with Crippen molar-refractivity contribution in [3.05, 3.63) is 145 Å². The maximum Gasteiger partial charge on any atom is 0.261 e. The molecular weight excluding hydrogens is 555 g/mol. The summed E-state index contributed by atoms with van der Waals surface area (Å²) in [7, 11) is -0.691. The molecule has 0 heterocycles. The average Bonchev–Trinajstić information content (AvgIpc) is 3.04. The van der Waals surface area contributed by atoms with E-state index in [1.807, 2.05) is 30.2 Å². The SMILES string of the molecule is C=CC[C@@H](C[C@@H](C)CO[Si](c1ccccc1)(c1ccccc1)C(C)(C)C)C(=O)N(C)[C@H](Cc1ccccc1)c1ccccc1. The highest BCUT2D eigenvalue weighted by Crippen LogP contribution is 2.37. The Morgan fingerprint density at radius 3 is 1.77 bits per heavy atom. The van der Waals surface area contributed by atoms with Crippen molar-refractivity contribution in [2.45, 2.75) is 58.0 Å². The maximum atomic E-state index is 14.2. The minimum Gasteiger partial charge on any atom is -0.407 e. The number of benzene rings is 4. The summed E-state index contributed by atoms with van der Waals surface area (Å²) in [5.41, 5.74) is 2.36. The van der Waals surface area contributed by atoms with Crippen LogP contribution in [0.1, 0.15) is 57.7 Å². The zero-order valence-electron chi connectivity index (χ0n) is 27.2. The number of hydrogen-bond acceptors (Lipinski definition) is 2. The molecule has 44 heavy (non-hydrogen) atoms. The summed E-state index contributed by atoms with van der Waals surface area (Å²) >= 11 is 0. The third-order valence-electron chi connectivity index (χ3n) is 8.76. The van der Waals surface area contributed by atoms with Crippen LogP contribution in [-0.2, 0) is 15.6 Å². The lowest BCUT2D eigenvalue weighted by Gasteiger charge is -2.43. The highest BCUT2D eigenvalue weighted by molar-refractivity contribution is 6.99. The largest absolute Gasteiger partial charge is 0.407 e. The standard InChI is InChI=1S/C40H49NO2Si/c1-7-20-35(39(42)41(6)38(34-23-14-9-15-24-34)30-33-21-12-8-13-22-33)29-32(2)31-43-44(40(3,4)5,36-25-16-10-17-26-36)37-27-18-11-19-28-37/h7-19,21-28,32,35,38H,1,20,29-31H2,2-6H3/t32-,35+,38-/m1/s1. The third-order valence-corrected chi connectivity index (χ3v) is 13.8. The fraction of sp³-hybridized carbons (Fsp3) is 0.325. The Morgan fingerprint density at radius 2 is 1.30 bits per heavy atom. The van der Waals surface area contributed by atoms with Gasteiger partial charge < -0.3 is 9.33 Å². The van der Waals surface area contributed by atoms with Crippen molar-refractivity contribution >= 4 is 24.6 Å². The Bertz CT molecular complexity index is 1400. The molecule has 0 aliphatic heterocycles. The zero-order valence-corrected chi connectivity index (χ0v) is 28.2. The van der Waals surface area contributed by atoms with Crippen LogP contribution in [-0.4, -0.2) is 32.8 Å². The van der Waals surface area contributed by atoms with Gasteiger partial charge in [0.25, 0.3) is 8.32 Å². The zero-order chi connectivity index (χ0) is 31.6. The Balaban J connectivity index is 1.57. The van der Waals surface area contributed by atoms with Gasteiger partial charge in [0.15, 0.2) is 0 Å². The van der Waals surface area contributed by atoms with Crippen LogP contribution < -0.4 is 10.4 Å². The van der Waals surface area contributed by atoms with Gasteiger partial charge in [-0.05, 0) is 51.7 Å². The molecule has 4 heteroatoms. The number of carbonyl (C=O) groups is 1. The number of rotatable bonds is 14. The van der Waals surface area contributed by atoms with Gasteiger partial charge in [0.1, 0.15) is 0 Å². The fourth-order valence-corrected chi connectivity index (χ4v) is 11.2. The molecule has 0 unspecified atom stereocenters. The molecule has 230 valence electrons. The van der Waals surface area contributed by atoms with Crippen molar-refractivity contribution in [1.29, 1.82) is 0 Å². The molecule has 4 aromatic carbocycles. The lowest BCUT2D eigenvalue weighted by atomic mass is 9.90. The predicted molar refractivity (Wildman–Crippen MR) is 188 cm³/mol. The van der Waals surface area contributed by atoms with E-state index in [1.165, 1.54) is 15.9 Å². The third kappa shape index (κ3) is 7.85. The summed E-state index contributed by atoms with van der Waals surface area (Å²) in [6, 6.07) is 42.3. The Kier molecular flexibility index (Phi) is 11.5. The summed E-state index contributed by atoms with van der Waals surface area (Å²) in [6.07, 6.45) is 4.03. The maximum absolute atomic E-state index is 14.2. The van der Waals surface area contributed by atoms with Crippen LogP contribution in [0, 0.1) is 11.8 Å². The molecule has 0 N–H and O–H groups in total. The first-order valence-electron chi connectivity index (χ1n) is 15.9. The Hall–Kier alpha value is -3.73. The Labute approximate surface area is 266 Å². The van der Waals surface area contributed by atoms with Gasteiger partial charge in [-0.25, -0.2) is 0 Å². The number of likely N-dealkylation sites (N-methyl/N-ethyl adjacent to an activating group) is 1. The van der Waals surface area contributed by atoms with E-state index in [9.17, 15) is 4.79 Å². The predicted octanol–water partition coefficient (Wildman–Crippen LogP) is 8.22. The first-order chi connectivity index (χ1) is 21.2.